The molecule has 0 bridgehead atoms. The van der Waals surface area contributed by atoms with Crippen LogP contribution in [0.4, 0.5) is 4.79 Å². The summed E-state index contributed by atoms with van der Waals surface area (Å²) < 4.78 is 5.28. The van der Waals surface area contributed by atoms with Gasteiger partial charge in [-0.05, 0) is 60.5 Å². The van der Waals surface area contributed by atoms with Crippen LogP contribution in [0.5, 0.6) is 0 Å². The van der Waals surface area contributed by atoms with E-state index in [0.29, 0.717) is 6.54 Å². The summed E-state index contributed by atoms with van der Waals surface area (Å²) in [6, 6.07) is 5.70. The lowest BCUT2D eigenvalue weighted by Gasteiger charge is -2.36. The summed E-state index contributed by atoms with van der Waals surface area (Å²) >= 11 is 0. The van der Waals surface area contributed by atoms with E-state index in [1.165, 1.54) is 0 Å². The van der Waals surface area contributed by atoms with Gasteiger partial charge in [0, 0.05) is 12.6 Å². The standard InChI is InChI=1S/C25H41N3O4/c1-9-10-11-15-26-22(29)21(20-14-12-13-18(4)16-20)28(17(2)3)23(30)19(5)27-24(31)32-25(6,7)8/h12-14,16-17,19,21H,9-11,15H2,1-8H3,(H,26,29)(H,27,31). The molecule has 180 valence electrons. The predicted octanol–water partition coefficient (Wildman–Crippen LogP) is 4.49. The van der Waals surface area contributed by atoms with Crippen molar-refractivity contribution in [3.8, 4) is 0 Å². The number of hydrogen-bond acceptors (Lipinski definition) is 4. The van der Waals surface area contributed by atoms with Crippen LogP contribution in [-0.4, -0.2) is 47.0 Å². The van der Waals surface area contributed by atoms with Gasteiger partial charge in [-0.2, -0.15) is 0 Å². The van der Waals surface area contributed by atoms with Gasteiger partial charge in [-0.15, -0.1) is 0 Å². The zero-order valence-corrected chi connectivity index (χ0v) is 21.0. The largest absolute Gasteiger partial charge is 0.444 e. The molecule has 1 aromatic rings. The molecule has 0 radical (unpaired) electrons. The summed E-state index contributed by atoms with van der Waals surface area (Å²) in [6.07, 6.45) is 2.30. The lowest BCUT2D eigenvalue weighted by molar-refractivity contribution is -0.144. The Morgan fingerprint density at radius 2 is 1.75 bits per heavy atom. The molecule has 2 N–H and O–H groups in total. The van der Waals surface area contributed by atoms with E-state index >= 15 is 0 Å². The smallest absolute Gasteiger partial charge is 0.408 e. The molecule has 3 amide bonds. The molecular formula is C25H41N3O4. The second-order valence-corrected chi connectivity index (χ2v) is 9.52. The summed E-state index contributed by atoms with van der Waals surface area (Å²) in [7, 11) is 0. The summed E-state index contributed by atoms with van der Waals surface area (Å²) in [4.78, 5) is 40.5. The molecule has 0 heterocycles. The van der Waals surface area contributed by atoms with Crippen LogP contribution in [0.15, 0.2) is 24.3 Å². The van der Waals surface area contributed by atoms with E-state index in [2.05, 4.69) is 17.6 Å². The van der Waals surface area contributed by atoms with E-state index in [1.807, 2.05) is 45.0 Å². The Labute approximate surface area is 193 Å². The average Bonchev–Trinajstić information content (AvgIpc) is 2.66. The fourth-order valence-electron chi connectivity index (χ4n) is 3.41. The average molecular weight is 448 g/mol. The molecule has 0 fully saturated rings. The highest BCUT2D eigenvalue weighted by molar-refractivity contribution is 5.92. The van der Waals surface area contributed by atoms with E-state index in [4.69, 9.17) is 4.74 Å². The van der Waals surface area contributed by atoms with Gasteiger partial charge in [0.15, 0.2) is 0 Å². The van der Waals surface area contributed by atoms with Gasteiger partial charge >= 0.3 is 6.09 Å². The Hall–Kier alpha value is -2.57. The topological polar surface area (TPSA) is 87.7 Å². The van der Waals surface area contributed by atoms with Crippen molar-refractivity contribution in [1.29, 1.82) is 0 Å². The highest BCUT2D eigenvalue weighted by Gasteiger charge is 2.36. The minimum atomic E-state index is -0.854. The lowest BCUT2D eigenvalue weighted by Crippen LogP contribution is -2.54. The van der Waals surface area contributed by atoms with E-state index in [9.17, 15) is 14.4 Å². The first-order chi connectivity index (χ1) is 14.9. The summed E-state index contributed by atoms with van der Waals surface area (Å²) in [6.45, 7) is 15.2. The molecule has 0 saturated heterocycles. The van der Waals surface area contributed by atoms with Crippen LogP contribution in [0.1, 0.15) is 84.9 Å². The van der Waals surface area contributed by atoms with E-state index in [0.717, 1.165) is 30.4 Å². The molecule has 1 aromatic carbocycles. The van der Waals surface area contributed by atoms with Crippen LogP contribution in [-0.2, 0) is 14.3 Å². The molecular weight excluding hydrogens is 406 g/mol. The number of carbonyl (C=O) groups is 3. The van der Waals surface area contributed by atoms with Gasteiger partial charge in [0.2, 0.25) is 11.8 Å². The first kappa shape index (κ1) is 27.5. The number of alkyl carbamates (subject to hydrolysis) is 1. The minimum absolute atomic E-state index is 0.224. The number of hydrogen-bond donors (Lipinski definition) is 2. The first-order valence-electron chi connectivity index (χ1n) is 11.5. The van der Waals surface area contributed by atoms with Gasteiger partial charge in [0.1, 0.15) is 17.7 Å². The summed E-state index contributed by atoms with van der Waals surface area (Å²) in [5, 5.41) is 5.60. The van der Waals surface area contributed by atoms with Gasteiger partial charge in [0.05, 0.1) is 0 Å². The molecule has 0 spiro atoms. The molecule has 32 heavy (non-hydrogen) atoms. The van der Waals surface area contributed by atoms with Gasteiger partial charge < -0.3 is 20.3 Å². The number of carbonyl (C=O) groups excluding carboxylic acids is 3. The Balaban J connectivity index is 3.18. The van der Waals surface area contributed by atoms with Crippen molar-refractivity contribution in [1.82, 2.24) is 15.5 Å². The minimum Gasteiger partial charge on any atom is -0.444 e. The van der Waals surface area contributed by atoms with Crippen molar-refractivity contribution < 1.29 is 19.1 Å². The molecule has 1 rings (SSSR count). The van der Waals surface area contributed by atoms with Crippen molar-refractivity contribution in [3.63, 3.8) is 0 Å². The molecule has 2 unspecified atom stereocenters. The lowest BCUT2D eigenvalue weighted by atomic mass is 9.99. The Morgan fingerprint density at radius 1 is 1.09 bits per heavy atom. The fraction of sp³-hybridized carbons (Fsp3) is 0.640. The Kier molecular flexibility index (Phi) is 10.7. The van der Waals surface area contributed by atoms with Gasteiger partial charge in [-0.1, -0.05) is 49.6 Å². The molecule has 0 aliphatic heterocycles. The zero-order valence-electron chi connectivity index (χ0n) is 21.0. The number of rotatable bonds is 10. The zero-order chi connectivity index (χ0) is 24.5. The monoisotopic (exact) mass is 447 g/mol. The van der Waals surface area contributed by atoms with Crippen LogP contribution >= 0.6 is 0 Å². The molecule has 0 aromatic heterocycles. The van der Waals surface area contributed by atoms with Crippen LogP contribution in [0, 0.1) is 6.92 Å². The SMILES string of the molecule is CCCCCNC(=O)C(c1cccc(C)c1)N(C(=O)C(C)NC(=O)OC(C)(C)C)C(C)C. The number of unbranched alkanes of at least 4 members (excludes halogenated alkanes) is 2. The molecule has 2 atom stereocenters. The van der Waals surface area contributed by atoms with Gasteiger partial charge in [-0.3, -0.25) is 9.59 Å². The maximum Gasteiger partial charge on any atom is 0.408 e. The van der Waals surface area contributed by atoms with E-state index in [-0.39, 0.29) is 17.9 Å². The third kappa shape index (κ3) is 8.89. The number of amides is 3. The molecule has 0 saturated carbocycles. The summed E-state index contributed by atoms with van der Waals surface area (Å²) in [5.74, 6) is -0.570. The van der Waals surface area contributed by atoms with Gasteiger partial charge in [-0.25, -0.2) is 4.79 Å². The third-order valence-electron chi connectivity index (χ3n) is 4.88. The first-order valence-corrected chi connectivity index (χ1v) is 11.5. The highest BCUT2D eigenvalue weighted by atomic mass is 16.6. The quantitative estimate of drug-likeness (QED) is 0.517. The van der Waals surface area contributed by atoms with Crippen LogP contribution in [0.25, 0.3) is 0 Å². The van der Waals surface area contributed by atoms with Crippen LogP contribution < -0.4 is 10.6 Å². The molecule has 0 aliphatic rings. The number of ether oxygens (including phenoxy) is 1. The summed E-state index contributed by atoms with van der Waals surface area (Å²) in [5.41, 5.74) is 1.07. The number of benzene rings is 1. The van der Waals surface area contributed by atoms with Gasteiger partial charge in [0.25, 0.3) is 0 Å². The highest BCUT2D eigenvalue weighted by Crippen LogP contribution is 2.25. The Morgan fingerprint density at radius 3 is 2.28 bits per heavy atom. The maximum atomic E-state index is 13.4. The van der Waals surface area contributed by atoms with Crippen molar-refractivity contribution >= 4 is 17.9 Å². The molecule has 7 nitrogen and oxygen atoms in total. The van der Waals surface area contributed by atoms with E-state index in [1.54, 1.807) is 32.6 Å². The van der Waals surface area contributed by atoms with E-state index < -0.39 is 23.8 Å². The van der Waals surface area contributed by atoms with Crippen LogP contribution in [0.2, 0.25) is 0 Å². The maximum absolute atomic E-state index is 13.4. The number of nitrogens with one attached hydrogen (secondary N) is 2. The third-order valence-corrected chi connectivity index (χ3v) is 4.88. The second kappa shape index (κ2) is 12.5. The molecule has 0 aliphatic carbocycles. The number of nitrogens with zero attached hydrogens (tertiary/aromatic N) is 1. The van der Waals surface area contributed by atoms with Crippen molar-refractivity contribution in [2.75, 3.05) is 6.54 Å². The normalized spacial score (nSPS) is 13.3. The van der Waals surface area contributed by atoms with Crippen LogP contribution in [0.3, 0.4) is 0 Å². The molecule has 7 heteroatoms. The fourth-order valence-corrected chi connectivity index (χ4v) is 3.41. The van der Waals surface area contributed by atoms with Crippen molar-refractivity contribution in [2.45, 2.75) is 98.4 Å². The number of aryl methyl sites for hydroxylation is 1. The van der Waals surface area contributed by atoms with Crippen molar-refractivity contribution in [2.24, 2.45) is 0 Å². The Bertz CT molecular complexity index is 771. The van der Waals surface area contributed by atoms with Crippen molar-refractivity contribution in [3.05, 3.63) is 35.4 Å². The predicted molar refractivity (Wildman–Crippen MR) is 127 cm³/mol. The second-order valence-electron chi connectivity index (χ2n) is 9.52.